The molecule has 0 aliphatic heterocycles. The summed E-state index contributed by atoms with van der Waals surface area (Å²) < 4.78 is 6.44. The number of furan rings is 1. The summed E-state index contributed by atoms with van der Waals surface area (Å²) in [6, 6.07) is 56.7. The Morgan fingerprint density at radius 2 is 1.02 bits per heavy atom. The fourth-order valence-electron chi connectivity index (χ4n) is 7.02. The third-order valence-corrected chi connectivity index (χ3v) is 9.18. The van der Waals surface area contributed by atoms with E-state index in [4.69, 9.17) is 4.42 Å². The normalized spacial score (nSPS) is 11.7. The number of anilines is 3. The average Bonchev–Trinajstić information content (AvgIpc) is 3.44. The summed E-state index contributed by atoms with van der Waals surface area (Å²) in [5.74, 6) is 0.909. The monoisotopic (exact) mass is 575 g/mol. The molecule has 9 aromatic rings. The first-order valence-corrected chi connectivity index (χ1v) is 15.4. The smallest absolute Gasteiger partial charge is 0.138 e. The van der Waals surface area contributed by atoms with E-state index < -0.39 is 0 Å². The molecule has 9 rings (SSSR count). The molecule has 0 saturated heterocycles. The van der Waals surface area contributed by atoms with Crippen LogP contribution in [0.2, 0.25) is 0 Å². The number of benzene rings is 8. The predicted octanol–water partition coefficient (Wildman–Crippen LogP) is 12.5. The van der Waals surface area contributed by atoms with Crippen LogP contribution in [0.25, 0.3) is 65.4 Å². The Labute approximate surface area is 261 Å². The minimum Gasteiger partial charge on any atom is -0.456 e. The lowest BCUT2D eigenvalue weighted by atomic mass is 9.98. The maximum atomic E-state index is 6.44. The van der Waals surface area contributed by atoms with Crippen LogP contribution in [0.5, 0.6) is 0 Å². The van der Waals surface area contributed by atoms with Crippen LogP contribution in [0.4, 0.5) is 17.1 Å². The number of aryl methyl sites for hydroxylation is 1. The van der Waals surface area contributed by atoms with Gasteiger partial charge in [-0.25, -0.2) is 0 Å². The molecule has 0 bridgehead atoms. The van der Waals surface area contributed by atoms with Gasteiger partial charge >= 0.3 is 0 Å². The quantitative estimate of drug-likeness (QED) is 0.194. The van der Waals surface area contributed by atoms with Crippen LogP contribution in [0.1, 0.15) is 5.56 Å². The van der Waals surface area contributed by atoms with Crippen molar-refractivity contribution >= 4 is 71.1 Å². The zero-order chi connectivity index (χ0) is 29.9. The Morgan fingerprint density at radius 3 is 1.84 bits per heavy atom. The Morgan fingerprint density at radius 1 is 0.422 bits per heavy atom. The van der Waals surface area contributed by atoms with E-state index in [1.165, 1.54) is 43.1 Å². The minimum absolute atomic E-state index is 0.909. The highest BCUT2D eigenvalue weighted by atomic mass is 16.3. The van der Waals surface area contributed by atoms with Crippen LogP contribution in [0.3, 0.4) is 0 Å². The van der Waals surface area contributed by atoms with Crippen LogP contribution in [0.15, 0.2) is 162 Å². The summed E-state index contributed by atoms with van der Waals surface area (Å²) >= 11 is 0. The van der Waals surface area contributed by atoms with Gasteiger partial charge < -0.3 is 9.32 Å². The van der Waals surface area contributed by atoms with Crippen molar-refractivity contribution in [2.24, 2.45) is 0 Å². The molecule has 45 heavy (non-hydrogen) atoms. The molecule has 0 fully saturated rings. The third kappa shape index (κ3) is 4.11. The van der Waals surface area contributed by atoms with Crippen LogP contribution in [0, 0.1) is 6.92 Å². The second kappa shape index (κ2) is 10.1. The van der Waals surface area contributed by atoms with Crippen molar-refractivity contribution in [3.63, 3.8) is 0 Å². The maximum absolute atomic E-state index is 6.44. The number of para-hydroxylation sites is 1. The summed E-state index contributed by atoms with van der Waals surface area (Å²) in [6.45, 7) is 2.15. The molecule has 0 atom stereocenters. The molecule has 0 saturated carbocycles. The maximum Gasteiger partial charge on any atom is 0.138 e. The number of fused-ring (bicyclic) bond motifs is 7. The average molecular weight is 576 g/mol. The van der Waals surface area contributed by atoms with E-state index in [0.717, 1.165) is 44.9 Å². The van der Waals surface area contributed by atoms with Crippen molar-refractivity contribution in [1.29, 1.82) is 0 Å². The van der Waals surface area contributed by atoms with Crippen LogP contribution in [-0.2, 0) is 0 Å². The van der Waals surface area contributed by atoms with E-state index in [1.54, 1.807) is 0 Å². The number of rotatable bonds is 4. The van der Waals surface area contributed by atoms with Crippen LogP contribution >= 0.6 is 0 Å². The number of hydrogen-bond donors (Lipinski definition) is 0. The molecular weight excluding hydrogens is 546 g/mol. The zero-order valence-electron chi connectivity index (χ0n) is 24.9. The van der Waals surface area contributed by atoms with Crippen molar-refractivity contribution in [2.45, 2.75) is 6.92 Å². The van der Waals surface area contributed by atoms with Crippen molar-refractivity contribution in [3.8, 4) is 11.3 Å². The molecule has 0 amide bonds. The third-order valence-electron chi connectivity index (χ3n) is 9.18. The highest BCUT2D eigenvalue weighted by Gasteiger charge is 2.20. The molecule has 0 aliphatic carbocycles. The largest absolute Gasteiger partial charge is 0.456 e. The van der Waals surface area contributed by atoms with Gasteiger partial charge in [-0.2, -0.15) is 0 Å². The van der Waals surface area contributed by atoms with E-state index in [9.17, 15) is 0 Å². The van der Waals surface area contributed by atoms with Crippen molar-refractivity contribution in [1.82, 2.24) is 0 Å². The van der Waals surface area contributed by atoms with Gasteiger partial charge in [0.05, 0.1) is 5.69 Å². The Bertz CT molecular complexity index is 2570. The summed E-state index contributed by atoms with van der Waals surface area (Å²) in [6.07, 6.45) is 0. The van der Waals surface area contributed by atoms with E-state index in [2.05, 4.69) is 157 Å². The highest BCUT2D eigenvalue weighted by Crippen LogP contribution is 2.44. The van der Waals surface area contributed by atoms with Gasteiger partial charge in [0.25, 0.3) is 0 Å². The van der Waals surface area contributed by atoms with Gasteiger partial charge in [-0.3, -0.25) is 0 Å². The first-order valence-electron chi connectivity index (χ1n) is 15.4. The van der Waals surface area contributed by atoms with Gasteiger partial charge in [0, 0.05) is 33.3 Å². The second-order valence-corrected chi connectivity index (χ2v) is 11.8. The van der Waals surface area contributed by atoms with Crippen molar-refractivity contribution in [3.05, 3.63) is 163 Å². The molecular formula is C43H29NO. The molecule has 2 heteroatoms. The van der Waals surface area contributed by atoms with Crippen molar-refractivity contribution < 1.29 is 4.42 Å². The molecule has 1 heterocycles. The van der Waals surface area contributed by atoms with Gasteiger partial charge in [0.15, 0.2) is 0 Å². The molecule has 0 aliphatic rings. The number of hydrogen-bond acceptors (Lipinski definition) is 2. The van der Waals surface area contributed by atoms with Gasteiger partial charge in [-0.15, -0.1) is 0 Å². The van der Waals surface area contributed by atoms with Crippen LogP contribution in [-0.4, -0.2) is 0 Å². The SMILES string of the molecule is Cc1c(-c2cccc(N(c3ccc4c(ccc5ccccc54)c3)c3cc4ccccc4c4ccccc34)c2)oc2ccccc12. The van der Waals surface area contributed by atoms with E-state index >= 15 is 0 Å². The summed E-state index contributed by atoms with van der Waals surface area (Å²) in [5, 5.41) is 11.1. The molecule has 8 aromatic carbocycles. The van der Waals surface area contributed by atoms with Gasteiger partial charge in [-0.1, -0.05) is 121 Å². The summed E-state index contributed by atoms with van der Waals surface area (Å²) in [4.78, 5) is 2.41. The van der Waals surface area contributed by atoms with Gasteiger partial charge in [0.1, 0.15) is 11.3 Å². The predicted molar refractivity (Wildman–Crippen MR) is 191 cm³/mol. The summed E-state index contributed by atoms with van der Waals surface area (Å²) in [5.41, 5.74) is 6.45. The summed E-state index contributed by atoms with van der Waals surface area (Å²) in [7, 11) is 0. The first-order chi connectivity index (χ1) is 22.2. The molecule has 2 nitrogen and oxygen atoms in total. The van der Waals surface area contributed by atoms with E-state index in [0.29, 0.717) is 0 Å². The van der Waals surface area contributed by atoms with E-state index in [1.807, 2.05) is 12.1 Å². The molecule has 0 N–H and O–H groups in total. The topological polar surface area (TPSA) is 16.4 Å². The zero-order valence-corrected chi connectivity index (χ0v) is 24.9. The lowest BCUT2D eigenvalue weighted by molar-refractivity contribution is 0.629. The molecule has 212 valence electrons. The lowest BCUT2D eigenvalue weighted by Gasteiger charge is -2.28. The first kappa shape index (κ1) is 25.6. The van der Waals surface area contributed by atoms with Crippen molar-refractivity contribution in [2.75, 3.05) is 4.90 Å². The Balaban J connectivity index is 1.32. The molecule has 1 aromatic heterocycles. The number of nitrogens with zero attached hydrogens (tertiary/aromatic N) is 1. The minimum atomic E-state index is 0.909. The fraction of sp³-hybridized carbons (Fsp3) is 0.0233. The van der Waals surface area contributed by atoms with Crippen LogP contribution < -0.4 is 4.90 Å². The Kier molecular flexibility index (Phi) is 5.76. The molecule has 0 spiro atoms. The molecule has 0 radical (unpaired) electrons. The van der Waals surface area contributed by atoms with Gasteiger partial charge in [-0.05, 0) is 81.0 Å². The standard InChI is InChI=1S/C43H29NO/c1-28-35-15-8-9-20-42(35)45-43(28)32-13-10-14-33(26-32)44(34-23-24-38-31(25-34)22-21-29-11-2-4-16-36(29)38)41-27-30-12-3-5-17-37(30)39-18-6-7-19-40(39)41/h2-27H,1H3. The molecule has 0 unspecified atom stereocenters. The lowest BCUT2D eigenvalue weighted by Crippen LogP contribution is -2.11. The fourth-order valence-corrected chi connectivity index (χ4v) is 7.02. The van der Waals surface area contributed by atoms with E-state index in [-0.39, 0.29) is 0 Å². The Hall–Kier alpha value is -5.86. The second-order valence-electron chi connectivity index (χ2n) is 11.8. The highest BCUT2D eigenvalue weighted by molar-refractivity contribution is 6.15. The van der Waals surface area contributed by atoms with Gasteiger partial charge in [0.2, 0.25) is 0 Å².